The first-order chi connectivity index (χ1) is 9.12. The molecule has 1 amide bonds. The first-order valence-corrected chi connectivity index (χ1v) is 6.71. The largest absolute Gasteiger partial charge is 0.308 e. The third kappa shape index (κ3) is 3.27. The number of anilines is 2. The minimum Gasteiger partial charge on any atom is -0.308 e. The number of nitrogens with one attached hydrogen (secondary N) is 2. The molecule has 2 aromatic heterocycles. The number of carbonyl (C=O) groups excluding carboxylic acids is 1. The van der Waals surface area contributed by atoms with Gasteiger partial charge in [0.2, 0.25) is 0 Å². The number of pyridine rings is 1. The van der Waals surface area contributed by atoms with E-state index in [0.717, 1.165) is 17.8 Å². The van der Waals surface area contributed by atoms with Gasteiger partial charge in [0, 0.05) is 16.6 Å². The van der Waals surface area contributed by atoms with Crippen LogP contribution in [0.15, 0.2) is 17.5 Å². The monoisotopic (exact) mass is 277 g/mol. The summed E-state index contributed by atoms with van der Waals surface area (Å²) in [5, 5.41) is 5.22. The number of rotatable bonds is 4. The zero-order valence-electron chi connectivity index (χ0n) is 10.7. The molecule has 0 aliphatic rings. The topological polar surface area (TPSA) is 92.9 Å². The van der Waals surface area contributed by atoms with E-state index in [-0.39, 0.29) is 5.91 Å². The molecule has 0 unspecified atom stereocenters. The summed E-state index contributed by atoms with van der Waals surface area (Å²) >= 11 is 1.39. The number of thiazole rings is 1. The molecule has 0 aliphatic heterocycles. The number of nitrogens with two attached hydrogens (primary N) is 1. The van der Waals surface area contributed by atoms with Crippen molar-refractivity contribution in [2.75, 3.05) is 10.7 Å². The Hall–Kier alpha value is -1.99. The van der Waals surface area contributed by atoms with Crippen LogP contribution in [0.2, 0.25) is 0 Å². The molecule has 0 radical (unpaired) electrons. The fourth-order valence-corrected chi connectivity index (χ4v) is 2.24. The molecule has 2 rings (SSSR count). The molecular weight excluding hydrogens is 262 g/mol. The van der Waals surface area contributed by atoms with Gasteiger partial charge in [-0.15, -0.1) is 11.3 Å². The number of aryl methyl sites for hydroxylation is 2. The van der Waals surface area contributed by atoms with Crippen LogP contribution in [-0.4, -0.2) is 15.9 Å². The SMILES string of the molecule is CCc1cc(C(=O)Nc2nc(C)cs2)cc(NN)n1. The number of hydrazine groups is 1. The normalized spacial score (nSPS) is 10.3. The molecule has 0 saturated heterocycles. The Kier molecular flexibility index (Phi) is 4.08. The maximum absolute atomic E-state index is 12.1. The highest BCUT2D eigenvalue weighted by molar-refractivity contribution is 7.13. The van der Waals surface area contributed by atoms with Crippen LogP contribution >= 0.6 is 11.3 Å². The van der Waals surface area contributed by atoms with Gasteiger partial charge in [-0.1, -0.05) is 6.92 Å². The highest BCUT2D eigenvalue weighted by Gasteiger charge is 2.11. The molecule has 0 atom stereocenters. The van der Waals surface area contributed by atoms with E-state index in [9.17, 15) is 4.79 Å². The van der Waals surface area contributed by atoms with Gasteiger partial charge in [0.05, 0.1) is 5.69 Å². The smallest absolute Gasteiger partial charge is 0.257 e. The fraction of sp³-hybridized carbons (Fsp3) is 0.250. The second-order valence-electron chi connectivity index (χ2n) is 3.98. The lowest BCUT2D eigenvalue weighted by Crippen LogP contribution is -2.15. The maximum atomic E-state index is 12.1. The molecule has 0 bridgehead atoms. The van der Waals surface area contributed by atoms with Crippen LogP contribution in [0.3, 0.4) is 0 Å². The molecule has 7 heteroatoms. The molecule has 4 N–H and O–H groups in total. The maximum Gasteiger partial charge on any atom is 0.257 e. The third-order valence-corrected chi connectivity index (χ3v) is 3.37. The van der Waals surface area contributed by atoms with Crippen LogP contribution in [-0.2, 0) is 6.42 Å². The molecule has 0 fully saturated rings. The molecular formula is C12H15N5OS. The lowest BCUT2D eigenvalue weighted by Gasteiger charge is -2.07. The van der Waals surface area contributed by atoms with Gasteiger partial charge in [0.1, 0.15) is 5.82 Å². The van der Waals surface area contributed by atoms with E-state index in [4.69, 9.17) is 5.84 Å². The molecule has 6 nitrogen and oxygen atoms in total. The zero-order chi connectivity index (χ0) is 13.8. The van der Waals surface area contributed by atoms with Crippen molar-refractivity contribution < 1.29 is 4.79 Å². The van der Waals surface area contributed by atoms with E-state index in [1.54, 1.807) is 12.1 Å². The summed E-state index contributed by atoms with van der Waals surface area (Å²) in [6.45, 7) is 3.85. The zero-order valence-corrected chi connectivity index (χ0v) is 11.5. The van der Waals surface area contributed by atoms with Crippen molar-refractivity contribution in [3.05, 3.63) is 34.5 Å². The lowest BCUT2D eigenvalue weighted by molar-refractivity contribution is 0.102. The van der Waals surface area contributed by atoms with E-state index in [1.807, 2.05) is 19.2 Å². The number of carbonyl (C=O) groups is 1. The predicted molar refractivity (Wildman–Crippen MR) is 76.2 cm³/mol. The van der Waals surface area contributed by atoms with Crippen molar-refractivity contribution in [3.63, 3.8) is 0 Å². The molecule has 19 heavy (non-hydrogen) atoms. The third-order valence-electron chi connectivity index (χ3n) is 2.49. The summed E-state index contributed by atoms with van der Waals surface area (Å²) < 4.78 is 0. The number of nitrogens with zero attached hydrogens (tertiary/aromatic N) is 2. The van der Waals surface area contributed by atoms with Crippen molar-refractivity contribution in [2.45, 2.75) is 20.3 Å². The van der Waals surface area contributed by atoms with Gasteiger partial charge >= 0.3 is 0 Å². The van der Waals surface area contributed by atoms with Crippen LogP contribution in [0.4, 0.5) is 10.9 Å². The van der Waals surface area contributed by atoms with Crippen molar-refractivity contribution in [2.24, 2.45) is 5.84 Å². The first kappa shape index (κ1) is 13.4. The number of hydrogen-bond donors (Lipinski definition) is 3. The van der Waals surface area contributed by atoms with Gasteiger partial charge in [-0.2, -0.15) is 0 Å². The van der Waals surface area contributed by atoms with Gasteiger partial charge in [-0.25, -0.2) is 15.8 Å². The molecule has 0 saturated carbocycles. The first-order valence-electron chi connectivity index (χ1n) is 5.83. The molecule has 2 heterocycles. The molecule has 0 aliphatic carbocycles. The quantitative estimate of drug-likeness (QED) is 0.586. The Morgan fingerprint density at radius 2 is 2.21 bits per heavy atom. The highest BCUT2D eigenvalue weighted by atomic mass is 32.1. The van der Waals surface area contributed by atoms with E-state index in [0.29, 0.717) is 16.5 Å². The summed E-state index contributed by atoms with van der Waals surface area (Å²) in [4.78, 5) is 20.5. The van der Waals surface area contributed by atoms with Crippen LogP contribution in [0.25, 0.3) is 0 Å². The summed E-state index contributed by atoms with van der Waals surface area (Å²) in [7, 11) is 0. The average Bonchev–Trinajstić information content (AvgIpc) is 2.83. The molecule has 2 aromatic rings. The van der Waals surface area contributed by atoms with Gasteiger partial charge in [0.15, 0.2) is 5.13 Å². The Balaban J connectivity index is 2.22. The number of amides is 1. The van der Waals surface area contributed by atoms with E-state index in [1.165, 1.54) is 11.3 Å². The molecule has 0 spiro atoms. The Morgan fingerprint density at radius 1 is 1.42 bits per heavy atom. The highest BCUT2D eigenvalue weighted by Crippen LogP contribution is 2.17. The second-order valence-corrected chi connectivity index (χ2v) is 4.84. The van der Waals surface area contributed by atoms with Gasteiger partial charge in [-0.05, 0) is 25.5 Å². The van der Waals surface area contributed by atoms with E-state index in [2.05, 4.69) is 20.7 Å². The Morgan fingerprint density at radius 3 is 2.79 bits per heavy atom. The minimum absolute atomic E-state index is 0.219. The van der Waals surface area contributed by atoms with Crippen LogP contribution in [0.1, 0.15) is 28.7 Å². The van der Waals surface area contributed by atoms with E-state index >= 15 is 0 Å². The van der Waals surface area contributed by atoms with E-state index < -0.39 is 0 Å². The van der Waals surface area contributed by atoms with Crippen LogP contribution < -0.4 is 16.6 Å². The lowest BCUT2D eigenvalue weighted by atomic mass is 10.2. The predicted octanol–water partition coefficient (Wildman–Crippen LogP) is 1.95. The summed E-state index contributed by atoms with van der Waals surface area (Å²) in [6.07, 6.45) is 0.728. The number of hydrogen-bond acceptors (Lipinski definition) is 6. The fourth-order valence-electron chi connectivity index (χ4n) is 1.55. The van der Waals surface area contributed by atoms with Gasteiger partial charge in [-0.3, -0.25) is 10.1 Å². The summed E-state index contributed by atoms with van der Waals surface area (Å²) in [5.41, 5.74) is 4.65. The standard InChI is InChI=1S/C12H15N5OS/c1-3-9-4-8(5-10(15-9)17-13)11(18)16-12-14-7(2)6-19-12/h4-6H,3,13H2,1-2H3,(H,15,17)(H,14,16,18). The number of aromatic nitrogens is 2. The Labute approximate surface area is 115 Å². The molecule has 100 valence electrons. The van der Waals surface area contributed by atoms with Crippen molar-refractivity contribution in [1.82, 2.24) is 9.97 Å². The van der Waals surface area contributed by atoms with Crippen molar-refractivity contribution >= 4 is 28.2 Å². The van der Waals surface area contributed by atoms with Crippen LogP contribution in [0.5, 0.6) is 0 Å². The summed E-state index contributed by atoms with van der Waals surface area (Å²) in [6, 6.07) is 3.35. The van der Waals surface area contributed by atoms with Crippen LogP contribution in [0, 0.1) is 6.92 Å². The summed E-state index contributed by atoms with van der Waals surface area (Å²) in [5.74, 6) is 5.60. The van der Waals surface area contributed by atoms with Gasteiger partial charge in [0.25, 0.3) is 5.91 Å². The Bertz CT molecular complexity index is 573. The average molecular weight is 277 g/mol. The van der Waals surface area contributed by atoms with Crippen molar-refractivity contribution in [3.8, 4) is 0 Å². The molecule has 0 aromatic carbocycles. The van der Waals surface area contributed by atoms with Gasteiger partial charge < -0.3 is 5.43 Å². The number of nitrogen functional groups attached to an aromatic ring is 1. The van der Waals surface area contributed by atoms with Crippen molar-refractivity contribution in [1.29, 1.82) is 0 Å². The second kappa shape index (κ2) is 5.77. The minimum atomic E-state index is -0.219.